The summed E-state index contributed by atoms with van der Waals surface area (Å²) in [5, 5.41) is 13.6. The third-order valence-corrected chi connectivity index (χ3v) is 2.19. The molecule has 0 spiro atoms. The third-order valence-electron chi connectivity index (χ3n) is 2.19. The first kappa shape index (κ1) is 13.1. The highest BCUT2D eigenvalue weighted by Gasteiger charge is 2.16. The van der Waals surface area contributed by atoms with E-state index in [1.54, 1.807) is 19.1 Å². The molecule has 0 atom stereocenters. The Labute approximate surface area is 98.3 Å². The summed E-state index contributed by atoms with van der Waals surface area (Å²) in [6.45, 7) is 2.37. The molecule has 1 aromatic rings. The fourth-order valence-electron chi connectivity index (χ4n) is 1.31. The Morgan fingerprint density at radius 2 is 2.24 bits per heavy atom. The first-order chi connectivity index (χ1) is 8.06. The molecular weight excluding hydrogens is 225 g/mol. The Hall–Kier alpha value is -1.95. The molecule has 0 radical (unpaired) electrons. The van der Waals surface area contributed by atoms with Gasteiger partial charge in [-0.1, -0.05) is 12.2 Å². The third kappa shape index (κ3) is 3.53. The second kappa shape index (κ2) is 5.95. The van der Waals surface area contributed by atoms with Gasteiger partial charge in [-0.2, -0.15) is 0 Å². The first-order valence-electron chi connectivity index (χ1n) is 5.09. The Morgan fingerprint density at radius 1 is 1.53 bits per heavy atom. The number of anilines is 1. The minimum Gasteiger partial charge on any atom is -0.376 e. The van der Waals surface area contributed by atoms with Crippen LogP contribution >= 0.6 is 0 Å². The lowest BCUT2D eigenvalue weighted by Crippen LogP contribution is -2.04. The molecular formula is C11H14FN3O2. The van der Waals surface area contributed by atoms with E-state index in [1.807, 2.05) is 0 Å². The van der Waals surface area contributed by atoms with Gasteiger partial charge in [-0.05, 0) is 18.6 Å². The summed E-state index contributed by atoms with van der Waals surface area (Å²) < 4.78 is 13.2. The van der Waals surface area contributed by atoms with Crippen molar-refractivity contribution < 1.29 is 9.31 Å². The van der Waals surface area contributed by atoms with E-state index in [2.05, 4.69) is 5.32 Å². The molecule has 1 rings (SSSR count). The van der Waals surface area contributed by atoms with Crippen molar-refractivity contribution in [3.8, 4) is 0 Å². The zero-order chi connectivity index (χ0) is 12.8. The van der Waals surface area contributed by atoms with Crippen molar-refractivity contribution in [3.63, 3.8) is 0 Å². The number of nitrogens with one attached hydrogen (secondary N) is 1. The summed E-state index contributed by atoms with van der Waals surface area (Å²) >= 11 is 0. The van der Waals surface area contributed by atoms with Crippen LogP contribution in [0.1, 0.15) is 5.56 Å². The summed E-state index contributed by atoms with van der Waals surface area (Å²) in [7, 11) is 0. The molecule has 92 valence electrons. The number of nitrogens with two attached hydrogens (primary N) is 1. The lowest BCUT2D eigenvalue weighted by atomic mass is 10.2. The van der Waals surface area contributed by atoms with Crippen LogP contribution in [0.5, 0.6) is 0 Å². The summed E-state index contributed by atoms with van der Waals surface area (Å²) in [4.78, 5) is 10.1. The summed E-state index contributed by atoms with van der Waals surface area (Å²) in [6.07, 6.45) is 3.48. The molecule has 0 bridgehead atoms. The van der Waals surface area contributed by atoms with Crippen molar-refractivity contribution in [1.29, 1.82) is 0 Å². The molecule has 17 heavy (non-hydrogen) atoms. The van der Waals surface area contributed by atoms with E-state index in [0.717, 1.165) is 6.07 Å². The topological polar surface area (TPSA) is 81.2 Å². The predicted molar refractivity (Wildman–Crippen MR) is 64.5 cm³/mol. The molecule has 1 aromatic carbocycles. The molecule has 0 unspecified atom stereocenters. The van der Waals surface area contributed by atoms with E-state index in [-0.39, 0.29) is 5.69 Å². The van der Waals surface area contributed by atoms with E-state index >= 15 is 0 Å². The van der Waals surface area contributed by atoms with Crippen LogP contribution in [0.4, 0.5) is 15.8 Å². The summed E-state index contributed by atoms with van der Waals surface area (Å²) in [5.74, 6) is -0.584. The Morgan fingerprint density at radius 3 is 2.82 bits per heavy atom. The van der Waals surface area contributed by atoms with Crippen molar-refractivity contribution in [2.45, 2.75) is 6.92 Å². The number of aryl methyl sites for hydroxylation is 1. The van der Waals surface area contributed by atoms with E-state index in [4.69, 9.17) is 5.73 Å². The standard InChI is InChI=1S/C11H14FN3O2/c1-8-6-10(14-5-3-2-4-13)11(15(16)17)7-9(8)12/h2-3,6-7,14H,4-5,13H2,1H3/b3-2+. The van der Waals surface area contributed by atoms with Gasteiger partial charge in [-0.25, -0.2) is 4.39 Å². The highest BCUT2D eigenvalue weighted by molar-refractivity contribution is 5.63. The molecule has 6 heteroatoms. The van der Waals surface area contributed by atoms with Crippen molar-refractivity contribution in [3.05, 3.63) is 45.8 Å². The summed E-state index contributed by atoms with van der Waals surface area (Å²) in [5.41, 5.74) is 5.65. The summed E-state index contributed by atoms with van der Waals surface area (Å²) in [6, 6.07) is 2.34. The van der Waals surface area contributed by atoms with Gasteiger partial charge in [0.05, 0.1) is 11.0 Å². The number of nitrogens with zero attached hydrogens (tertiary/aromatic N) is 1. The van der Waals surface area contributed by atoms with Crippen LogP contribution in [-0.2, 0) is 0 Å². The predicted octanol–water partition coefficient (Wildman–Crippen LogP) is 1.97. The van der Waals surface area contributed by atoms with Gasteiger partial charge >= 0.3 is 0 Å². The zero-order valence-corrected chi connectivity index (χ0v) is 9.44. The average Bonchev–Trinajstić information content (AvgIpc) is 2.28. The molecule has 0 aliphatic carbocycles. The smallest absolute Gasteiger partial charge is 0.295 e. The van der Waals surface area contributed by atoms with Crippen LogP contribution in [0.2, 0.25) is 0 Å². The van der Waals surface area contributed by atoms with Gasteiger partial charge in [0, 0.05) is 13.1 Å². The quantitative estimate of drug-likeness (QED) is 0.467. The second-order valence-corrected chi connectivity index (χ2v) is 3.46. The molecule has 5 nitrogen and oxygen atoms in total. The van der Waals surface area contributed by atoms with Gasteiger partial charge in [-0.3, -0.25) is 10.1 Å². The molecule has 0 saturated heterocycles. The van der Waals surface area contributed by atoms with E-state index in [1.165, 1.54) is 6.07 Å². The number of rotatable bonds is 5. The number of benzene rings is 1. The largest absolute Gasteiger partial charge is 0.376 e. The molecule has 0 fully saturated rings. The number of hydrogen-bond donors (Lipinski definition) is 2. The molecule has 0 heterocycles. The van der Waals surface area contributed by atoms with Crippen molar-refractivity contribution in [1.82, 2.24) is 0 Å². The molecule has 3 N–H and O–H groups in total. The van der Waals surface area contributed by atoms with Crippen LogP contribution in [0.3, 0.4) is 0 Å². The van der Waals surface area contributed by atoms with Gasteiger partial charge < -0.3 is 11.1 Å². The normalized spacial score (nSPS) is 10.8. The number of nitro groups is 1. The van der Waals surface area contributed by atoms with Gasteiger partial charge in [0.1, 0.15) is 11.5 Å². The number of nitro benzene ring substituents is 1. The lowest BCUT2D eigenvalue weighted by molar-refractivity contribution is -0.384. The minimum atomic E-state index is -0.614. The number of hydrogen-bond acceptors (Lipinski definition) is 4. The van der Waals surface area contributed by atoms with E-state index in [9.17, 15) is 14.5 Å². The van der Waals surface area contributed by atoms with Crippen molar-refractivity contribution >= 4 is 11.4 Å². The van der Waals surface area contributed by atoms with Crippen LogP contribution in [0.15, 0.2) is 24.3 Å². The molecule has 0 aromatic heterocycles. The fraction of sp³-hybridized carbons (Fsp3) is 0.273. The van der Waals surface area contributed by atoms with Crippen LogP contribution in [0, 0.1) is 22.9 Å². The number of halogens is 1. The molecule has 0 aliphatic rings. The fourth-order valence-corrected chi connectivity index (χ4v) is 1.31. The minimum absolute atomic E-state index is 0.269. The Balaban J connectivity index is 2.92. The van der Waals surface area contributed by atoms with Gasteiger partial charge in [0.2, 0.25) is 0 Å². The highest BCUT2D eigenvalue weighted by atomic mass is 19.1. The molecule has 0 saturated carbocycles. The Kier molecular flexibility index (Phi) is 4.59. The molecule has 0 amide bonds. The van der Waals surface area contributed by atoms with E-state index < -0.39 is 10.7 Å². The van der Waals surface area contributed by atoms with Crippen LogP contribution in [0.25, 0.3) is 0 Å². The second-order valence-electron chi connectivity index (χ2n) is 3.46. The first-order valence-corrected chi connectivity index (χ1v) is 5.09. The lowest BCUT2D eigenvalue weighted by Gasteiger charge is -2.06. The average molecular weight is 239 g/mol. The van der Waals surface area contributed by atoms with Crippen molar-refractivity contribution in [2.24, 2.45) is 5.73 Å². The van der Waals surface area contributed by atoms with Gasteiger partial charge in [-0.15, -0.1) is 0 Å². The zero-order valence-electron chi connectivity index (χ0n) is 9.44. The maximum Gasteiger partial charge on any atom is 0.295 e. The SMILES string of the molecule is Cc1cc(NC/C=C/CN)c([N+](=O)[O-])cc1F. The molecule has 0 aliphatic heterocycles. The van der Waals surface area contributed by atoms with Gasteiger partial charge in [0.15, 0.2) is 0 Å². The van der Waals surface area contributed by atoms with Gasteiger partial charge in [0.25, 0.3) is 5.69 Å². The Bertz CT molecular complexity index is 447. The van der Waals surface area contributed by atoms with Crippen LogP contribution in [-0.4, -0.2) is 18.0 Å². The maximum atomic E-state index is 13.2. The van der Waals surface area contributed by atoms with Crippen LogP contribution < -0.4 is 11.1 Å². The van der Waals surface area contributed by atoms with Crippen molar-refractivity contribution in [2.75, 3.05) is 18.4 Å². The maximum absolute atomic E-state index is 13.2. The monoisotopic (exact) mass is 239 g/mol. The highest BCUT2D eigenvalue weighted by Crippen LogP contribution is 2.27. The van der Waals surface area contributed by atoms with E-state index in [0.29, 0.717) is 24.3 Å².